The summed E-state index contributed by atoms with van der Waals surface area (Å²) in [4.78, 5) is 11.9. The molecule has 0 aliphatic rings. The summed E-state index contributed by atoms with van der Waals surface area (Å²) in [5.74, 6) is -0.277. The minimum atomic E-state index is -0.764. The summed E-state index contributed by atoms with van der Waals surface area (Å²) in [7, 11) is 1.40. The van der Waals surface area contributed by atoms with E-state index < -0.39 is 5.54 Å². The van der Waals surface area contributed by atoms with Crippen molar-refractivity contribution in [3.8, 4) is 0 Å². The van der Waals surface area contributed by atoms with E-state index in [-0.39, 0.29) is 12.0 Å². The van der Waals surface area contributed by atoms with Crippen LogP contribution in [0.15, 0.2) is 12.3 Å². The minimum Gasteiger partial charge on any atom is -0.468 e. The van der Waals surface area contributed by atoms with E-state index in [4.69, 9.17) is 4.74 Å². The van der Waals surface area contributed by atoms with Gasteiger partial charge in [-0.15, -0.1) is 0 Å². The van der Waals surface area contributed by atoms with Crippen molar-refractivity contribution in [2.24, 2.45) is 0 Å². The topological polar surface area (TPSA) is 56.2 Å². The average Bonchev–Trinajstić information content (AvgIpc) is 2.62. The van der Waals surface area contributed by atoms with E-state index in [0.717, 1.165) is 5.69 Å². The Morgan fingerprint density at radius 1 is 1.65 bits per heavy atom. The van der Waals surface area contributed by atoms with Crippen LogP contribution in [-0.4, -0.2) is 34.4 Å². The van der Waals surface area contributed by atoms with Crippen LogP contribution in [0.4, 0.5) is 0 Å². The van der Waals surface area contributed by atoms with Crippen molar-refractivity contribution < 1.29 is 9.53 Å². The van der Waals surface area contributed by atoms with E-state index in [1.165, 1.54) is 7.11 Å². The lowest BCUT2D eigenvalue weighted by atomic mass is 10.0. The summed E-state index contributed by atoms with van der Waals surface area (Å²) in [6, 6.07) is 2.10. The third kappa shape index (κ3) is 3.30. The zero-order chi connectivity index (χ0) is 13.1. The molecule has 0 bridgehead atoms. The number of carbonyl (C=O) groups is 1. The molecule has 0 fully saturated rings. The second kappa shape index (κ2) is 5.31. The largest absolute Gasteiger partial charge is 0.468 e. The molecule has 0 spiro atoms. The molecule has 0 radical (unpaired) electrons. The van der Waals surface area contributed by atoms with E-state index in [2.05, 4.69) is 10.4 Å². The molecule has 1 atom stereocenters. The Hall–Kier alpha value is -1.36. The third-order valence-corrected chi connectivity index (χ3v) is 2.64. The molecule has 0 saturated heterocycles. The first kappa shape index (κ1) is 13.7. The Kier molecular flexibility index (Phi) is 4.28. The van der Waals surface area contributed by atoms with Crippen LogP contribution in [0.1, 0.15) is 26.5 Å². The monoisotopic (exact) mass is 239 g/mol. The van der Waals surface area contributed by atoms with E-state index >= 15 is 0 Å². The Morgan fingerprint density at radius 3 is 2.71 bits per heavy atom. The van der Waals surface area contributed by atoms with Gasteiger partial charge >= 0.3 is 5.97 Å². The number of nitrogens with one attached hydrogen (secondary N) is 1. The molecule has 0 saturated carbocycles. The Bertz CT molecular complexity index is 387. The maximum Gasteiger partial charge on any atom is 0.327 e. The fourth-order valence-corrected chi connectivity index (χ4v) is 1.90. The van der Waals surface area contributed by atoms with Crippen LogP contribution < -0.4 is 5.32 Å². The van der Waals surface area contributed by atoms with E-state index in [1.807, 2.05) is 33.8 Å². The number of aromatic nitrogens is 2. The summed E-state index contributed by atoms with van der Waals surface area (Å²) in [6.07, 6.45) is 1.72. The van der Waals surface area contributed by atoms with E-state index in [9.17, 15) is 4.79 Å². The molecule has 5 nitrogen and oxygen atoms in total. The molecule has 0 aromatic carbocycles. The maximum atomic E-state index is 11.9. The molecule has 0 aliphatic heterocycles. The van der Waals surface area contributed by atoms with Gasteiger partial charge in [0, 0.05) is 17.9 Å². The van der Waals surface area contributed by atoms with Crippen molar-refractivity contribution in [3.05, 3.63) is 18.0 Å². The van der Waals surface area contributed by atoms with Crippen molar-refractivity contribution in [2.45, 2.75) is 45.8 Å². The molecule has 1 N–H and O–H groups in total. The normalized spacial score (nSPS) is 14.7. The van der Waals surface area contributed by atoms with Crippen molar-refractivity contribution in [1.29, 1.82) is 0 Å². The fraction of sp³-hybridized carbons (Fsp3) is 0.667. The van der Waals surface area contributed by atoms with E-state index in [1.54, 1.807) is 10.9 Å². The SMILES string of the molecule is COC(=O)C(C)(Cn1nccc1C)NC(C)C. The molecule has 0 amide bonds. The number of hydrogen-bond acceptors (Lipinski definition) is 4. The van der Waals surface area contributed by atoms with Crippen LogP contribution >= 0.6 is 0 Å². The zero-order valence-corrected chi connectivity index (χ0v) is 11.2. The molecule has 96 valence electrons. The molecule has 0 aliphatic carbocycles. The number of hydrogen-bond donors (Lipinski definition) is 1. The maximum absolute atomic E-state index is 11.9. The number of esters is 1. The van der Waals surface area contributed by atoms with Crippen molar-refractivity contribution >= 4 is 5.97 Å². The third-order valence-electron chi connectivity index (χ3n) is 2.64. The van der Waals surface area contributed by atoms with Gasteiger partial charge in [0.05, 0.1) is 13.7 Å². The highest BCUT2D eigenvalue weighted by molar-refractivity contribution is 5.80. The van der Waals surface area contributed by atoms with Crippen molar-refractivity contribution in [1.82, 2.24) is 15.1 Å². The molecular formula is C12H21N3O2. The second-order valence-electron chi connectivity index (χ2n) is 4.75. The second-order valence-corrected chi connectivity index (χ2v) is 4.75. The van der Waals surface area contributed by atoms with Gasteiger partial charge in [0.2, 0.25) is 0 Å². The smallest absolute Gasteiger partial charge is 0.327 e. The van der Waals surface area contributed by atoms with E-state index in [0.29, 0.717) is 6.54 Å². The van der Waals surface area contributed by atoms with Crippen LogP contribution in [0.5, 0.6) is 0 Å². The average molecular weight is 239 g/mol. The highest BCUT2D eigenvalue weighted by Crippen LogP contribution is 2.12. The number of carbonyl (C=O) groups excluding carboxylic acids is 1. The molecule has 1 rings (SSSR count). The van der Waals surface area contributed by atoms with Gasteiger partial charge in [0.15, 0.2) is 0 Å². The number of ether oxygens (including phenoxy) is 1. The van der Waals surface area contributed by atoms with Gasteiger partial charge in [-0.3, -0.25) is 10.00 Å². The number of nitrogens with zero attached hydrogens (tertiary/aromatic N) is 2. The lowest BCUT2D eigenvalue weighted by molar-refractivity contribution is -0.149. The minimum absolute atomic E-state index is 0.190. The number of rotatable bonds is 5. The van der Waals surface area contributed by atoms with Gasteiger partial charge in [0.25, 0.3) is 0 Å². The highest BCUT2D eigenvalue weighted by Gasteiger charge is 2.35. The first-order valence-electron chi connectivity index (χ1n) is 5.73. The van der Waals surface area contributed by atoms with Crippen LogP contribution in [0, 0.1) is 6.92 Å². The van der Waals surface area contributed by atoms with Gasteiger partial charge < -0.3 is 4.74 Å². The lowest BCUT2D eigenvalue weighted by Crippen LogP contribution is -2.55. The summed E-state index contributed by atoms with van der Waals surface area (Å²) in [5, 5.41) is 7.43. The van der Waals surface area contributed by atoms with Gasteiger partial charge in [-0.25, -0.2) is 4.79 Å². The Morgan fingerprint density at radius 2 is 2.29 bits per heavy atom. The van der Waals surface area contributed by atoms with Crippen LogP contribution in [0.25, 0.3) is 0 Å². The molecule has 1 aromatic heterocycles. The summed E-state index contributed by atoms with van der Waals surface area (Å²) in [5.41, 5.74) is 0.255. The number of methoxy groups -OCH3 is 1. The summed E-state index contributed by atoms with van der Waals surface area (Å²) >= 11 is 0. The molecule has 1 unspecified atom stereocenters. The predicted molar refractivity (Wildman–Crippen MR) is 65.7 cm³/mol. The molecule has 5 heteroatoms. The predicted octanol–water partition coefficient (Wildman–Crippen LogP) is 1.12. The first-order valence-corrected chi connectivity index (χ1v) is 5.73. The van der Waals surface area contributed by atoms with Crippen molar-refractivity contribution in [3.63, 3.8) is 0 Å². The standard InChI is InChI=1S/C12H21N3O2/c1-9(2)14-12(4,11(16)17-5)8-15-10(3)6-7-13-15/h6-7,9,14H,8H2,1-5H3. The lowest BCUT2D eigenvalue weighted by Gasteiger charge is -2.30. The molecule has 1 heterocycles. The number of aryl methyl sites for hydroxylation is 1. The van der Waals surface area contributed by atoms with Gasteiger partial charge in [-0.1, -0.05) is 0 Å². The molecular weight excluding hydrogens is 218 g/mol. The Balaban J connectivity index is 2.91. The quantitative estimate of drug-likeness (QED) is 0.782. The molecule has 17 heavy (non-hydrogen) atoms. The van der Waals surface area contributed by atoms with Crippen LogP contribution in [-0.2, 0) is 16.1 Å². The van der Waals surface area contributed by atoms with Gasteiger partial charge in [-0.2, -0.15) is 5.10 Å². The molecule has 1 aromatic rings. The summed E-state index contributed by atoms with van der Waals surface area (Å²) < 4.78 is 6.66. The zero-order valence-electron chi connectivity index (χ0n) is 11.2. The first-order chi connectivity index (χ1) is 7.89. The van der Waals surface area contributed by atoms with Gasteiger partial charge in [0.1, 0.15) is 5.54 Å². The van der Waals surface area contributed by atoms with Crippen molar-refractivity contribution in [2.75, 3.05) is 7.11 Å². The fourth-order valence-electron chi connectivity index (χ4n) is 1.90. The highest BCUT2D eigenvalue weighted by atomic mass is 16.5. The Labute approximate surface area is 102 Å². The summed E-state index contributed by atoms with van der Waals surface area (Å²) in [6.45, 7) is 8.24. The van der Waals surface area contributed by atoms with Crippen LogP contribution in [0.2, 0.25) is 0 Å². The van der Waals surface area contributed by atoms with Crippen LogP contribution in [0.3, 0.4) is 0 Å². The van der Waals surface area contributed by atoms with Gasteiger partial charge in [-0.05, 0) is 33.8 Å².